The number of carbonyl (C=O) groups is 2. The highest BCUT2D eigenvalue weighted by Crippen LogP contribution is 2.30. The second-order valence-electron chi connectivity index (χ2n) is 7.37. The highest BCUT2D eigenvalue weighted by Gasteiger charge is 2.36. The Bertz CT molecular complexity index is 1120. The largest absolute Gasteiger partial charge is 0.319 e. The molecule has 32 heavy (non-hydrogen) atoms. The summed E-state index contributed by atoms with van der Waals surface area (Å²) in [7, 11) is -3.87. The number of rotatable bonds is 11. The van der Waals surface area contributed by atoms with Gasteiger partial charge in [-0.2, -0.15) is 0 Å². The maximum absolute atomic E-state index is 13.3. The molecule has 0 aliphatic rings. The summed E-state index contributed by atoms with van der Waals surface area (Å²) in [6.45, 7) is 1.99. The molecule has 0 unspecified atom stereocenters. The average molecular weight is 471 g/mol. The van der Waals surface area contributed by atoms with Gasteiger partial charge in [0.15, 0.2) is 0 Å². The van der Waals surface area contributed by atoms with Gasteiger partial charge in [-0.15, -0.1) is 11.3 Å². The van der Waals surface area contributed by atoms with Crippen molar-refractivity contribution in [2.75, 3.05) is 5.32 Å². The number of anilines is 1. The predicted molar refractivity (Wildman–Crippen MR) is 127 cm³/mol. The van der Waals surface area contributed by atoms with Crippen LogP contribution in [0.1, 0.15) is 37.8 Å². The number of thiophene rings is 1. The van der Waals surface area contributed by atoms with Gasteiger partial charge in [-0.3, -0.25) is 9.59 Å². The van der Waals surface area contributed by atoms with E-state index >= 15 is 0 Å². The number of unbranched alkanes of at least 4 members (excludes halogenated alkanes) is 1. The molecule has 2 N–H and O–H groups in total. The van der Waals surface area contributed by atoms with Crippen molar-refractivity contribution in [3.8, 4) is 0 Å². The number of benzene rings is 2. The summed E-state index contributed by atoms with van der Waals surface area (Å²) in [6.07, 6.45) is 1.87. The van der Waals surface area contributed by atoms with Crippen LogP contribution in [0.4, 0.5) is 5.69 Å². The normalized spacial score (nSPS) is 13.3. The number of carbonyl (C=O) groups excluding carboxylic acids is 2. The molecule has 2 atom stereocenters. The van der Waals surface area contributed by atoms with Crippen molar-refractivity contribution < 1.29 is 18.0 Å². The van der Waals surface area contributed by atoms with Crippen LogP contribution in [0.25, 0.3) is 0 Å². The number of hydrogen-bond acceptors (Lipinski definition) is 5. The molecular weight excluding hydrogens is 444 g/mol. The van der Waals surface area contributed by atoms with Crippen LogP contribution in [0.3, 0.4) is 0 Å². The molecule has 168 valence electrons. The first-order chi connectivity index (χ1) is 15.4. The Hall–Kier alpha value is -2.81. The molecule has 0 saturated heterocycles. The molecule has 3 rings (SSSR count). The van der Waals surface area contributed by atoms with Crippen molar-refractivity contribution in [3.63, 3.8) is 0 Å². The molecule has 1 amide bonds. The van der Waals surface area contributed by atoms with Gasteiger partial charge < -0.3 is 5.32 Å². The Balaban J connectivity index is 1.94. The lowest BCUT2D eigenvalue weighted by Gasteiger charge is -2.27. The van der Waals surface area contributed by atoms with Crippen molar-refractivity contribution in [3.05, 3.63) is 83.7 Å². The fourth-order valence-corrected chi connectivity index (χ4v) is 5.71. The minimum atomic E-state index is -3.87. The smallest absolute Gasteiger partial charge is 0.292 e. The molecule has 1 aromatic heterocycles. The first-order valence-corrected chi connectivity index (χ1v) is 12.8. The highest BCUT2D eigenvalue weighted by molar-refractivity contribution is 7.91. The SMILES string of the molecule is CCCC[C@@H](C(=O)C(=O)Nc1ccccc1)[C@@H](NS(=O)(=O)c1cccs1)c1ccccc1. The summed E-state index contributed by atoms with van der Waals surface area (Å²) in [5.74, 6) is -2.26. The molecule has 0 bridgehead atoms. The van der Waals surface area contributed by atoms with Gasteiger partial charge in [-0.1, -0.05) is 74.4 Å². The summed E-state index contributed by atoms with van der Waals surface area (Å²) < 4.78 is 28.9. The van der Waals surface area contributed by atoms with Crippen LogP contribution in [0.2, 0.25) is 0 Å². The third kappa shape index (κ3) is 6.12. The van der Waals surface area contributed by atoms with E-state index in [1.54, 1.807) is 60.0 Å². The number of hydrogen-bond donors (Lipinski definition) is 2. The molecule has 3 aromatic rings. The van der Waals surface area contributed by atoms with E-state index in [4.69, 9.17) is 0 Å². The molecular formula is C24H26N2O4S2. The summed E-state index contributed by atoms with van der Waals surface area (Å²) in [4.78, 5) is 26.1. The summed E-state index contributed by atoms with van der Waals surface area (Å²) in [6, 6.07) is 19.9. The van der Waals surface area contributed by atoms with Crippen LogP contribution >= 0.6 is 11.3 Å². The number of Topliss-reactive ketones (excluding diaryl/α,β-unsaturated/α-hetero) is 1. The van der Waals surface area contributed by atoms with E-state index in [0.29, 0.717) is 24.1 Å². The van der Waals surface area contributed by atoms with Crippen molar-refractivity contribution in [1.29, 1.82) is 0 Å². The Kier molecular flexibility index (Phi) is 8.33. The average Bonchev–Trinajstić information content (AvgIpc) is 3.36. The second-order valence-corrected chi connectivity index (χ2v) is 10.3. The lowest BCUT2D eigenvalue weighted by atomic mass is 9.85. The highest BCUT2D eigenvalue weighted by atomic mass is 32.2. The van der Waals surface area contributed by atoms with Crippen LogP contribution in [0.15, 0.2) is 82.4 Å². The van der Waals surface area contributed by atoms with E-state index in [1.165, 1.54) is 6.07 Å². The number of para-hydroxylation sites is 1. The van der Waals surface area contributed by atoms with Gasteiger partial charge in [0.05, 0.1) is 6.04 Å². The van der Waals surface area contributed by atoms with Crippen molar-refractivity contribution in [2.24, 2.45) is 5.92 Å². The third-order valence-electron chi connectivity index (χ3n) is 5.06. The topological polar surface area (TPSA) is 92.3 Å². The Morgan fingerprint density at radius 1 is 0.938 bits per heavy atom. The fraction of sp³-hybridized carbons (Fsp3) is 0.250. The molecule has 6 nitrogen and oxygen atoms in total. The van der Waals surface area contributed by atoms with E-state index in [-0.39, 0.29) is 4.21 Å². The molecule has 0 aliphatic heterocycles. The minimum absolute atomic E-state index is 0.161. The molecule has 0 fully saturated rings. The van der Waals surface area contributed by atoms with E-state index < -0.39 is 33.7 Å². The molecule has 0 aliphatic carbocycles. The first-order valence-electron chi connectivity index (χ1n) is 10.4. The van der Waals surface area contributed by atoms with Crippen molar-refractivity contribution >= 4 is 38.7 Å². The van der Waals surface area contributed by atoms with Crippen LogP contribution in [-0.2, 0) is 19.6 Å². The summed E-state index contributed by atoms with van der Waals surface area (Å²) in [5.41, 5.74) is 1.14. The number of nitrogens with one attached hydrogen (secondary N) is 2. The zero-order valence-electron chi connectivity index (χ0n) is 17.7. The minimum Gasteiger partial charge on any atom is -0.319 e. The Morgan fingerprint density at radius 3 is 2.19 bits per heavy atom. The predicted octanol–water partition coefficient (Wildman–Crippen LogP) is 4.78. The molecule has 1 heterocycles. The van der Waals surface area contributed by atoms with Gasteiger partial charge in [0.1, 0.15) is 4.21 Å². The quantitative estimate of drug-likeness (QED) is 0.395. The van der Waals surface area contributed by atoms with Crippen LogP contribution in [0.5, 0.6) is 0 Å². The zero-order valence-corrected chi connectivity index (χ0v) is 19.4. The van der Waals surface area contributed by atoms with Crippen molar-refractivity contribution in [2.45, 2.75) is 36.4 Å². The van der Waals surface area contributed by atoms with Crippen molar-refractivity contribution in [1.82, 2.24) is 4.72 Å². The second kappa shape index (κ2) is 11.2. The molecule has 0 spiro atoms. The Morgan fingerprint density at radius 2 is 1.59 bits per heavy atom. The molecule has 0 radical (unpaired) electrons. The standard InChI is InChI=1S/C24H26N2O4S2/c1-2-3-15-20(23(27)24(28)25-19-13-8-5-9-14-19)22(18-11-6-4-7-12-18)26-32(29,30)21-16-10-17-31-21/h4-14,16-17,20,22,26H,2-3,15H2,1H3,(H,25,28)/t20-,22+/m1/s1. The third-order valence-corrected chi connectivity index (χ3v) is 7.90. The molecule has 0 saturated carbocycles. The molecule has 8 heteroatoms. The Labute approximate surface area is 192 Å². The van der Waals surface area contributed by atoms with E-state index in [2.05, 4.69) is 10.0 Å². The summed E-state index contributed by atoms with van der Waals surface area (Å²) in [5, 5.41) is 4.31. The fourth-order valence-electron chi connectivity index (χ4n) is 3.44. The number of amides is 1. The van der Waals surface area contributed by atoms with E-state index in [9.17, 15) is 18.0 Å². The van der Waals surface area contributed by atoms with Crippen LogP contribution in [0, 0.1) is 5.92 Å². The maximum Gasteiger partial charge on any atom is 0.292 e. The van der Waals surface area contributed by atoms with E-state index in [0.717, 1.165) is 17.8 Å². The van der Waals surface area contributed by atoms with Gasteiger partial charge in [0, 0.05) is 11.6 Å². The first kappa shape index (κ1) is 23.8. The lowest BCUT2D eigenvalue weighted by Crippen LogP contribution is -2.40. The van der Waals surface area contributed by atoms with Gasteiger partial charge in [0.2, 0.25) is 5.78 Å². The zero-order chi connectivity index (χ0) is 23.0. The lowest BCUT2D eigenvalue weighted by molar-refractivity contribution is -0.138. The van der Waals surface area contributed by atoms with Gasteiger partial charge in [-0.25, -0.2) is 13.1 Å². The van der Waals surface area contributed by atoms with Gasteiger partial charge >= 0.3 is 0 Å². The summed E-state index contributed by atoms with van der Waals surface area (Å²) >= 11 is 1.10. The van der Waals surface area contributed by atoms with Crippen LogP contribution in [-0.4, -0.2) is 20.1 Å². The molecule has 2 aromatic carbocycles. The van der Waals surface area contributed by atoms with Gasteiger partial charge in [0.25, 0.3) is 15.9 Å². The number of ketones is 1. The number of sulfonamides is 1. The van der Waals surface area contributed by atoms with E-state index in [1.807, 2.05) is 19.1 Å². The van der Waals surface area contributed by atoms with Crippen LogP contribution < -0.4 is 10.0 Å². The van der Waals surface area contributed by atoms with Gasteiger partial charge in [-0.05, 0) is 35.6 Å². The maximum atomic E-state index is 13.3. The monoisotopic (exact) mass is 470 g/mol.